The fourth-order valence-corrected chi connectivity index (χ4v) is 2.64. The number of carbonyl (C=O) groups excluding carboxylic acids is 1. The van der Waals surface area contributed by atoms with E-state index in [1.54, 1.807) is 4.90 Å². The molecule has 1 heterocycles. The maximum atomic E-state index is 12.8. The van der Waals surface area contributed by atoms with E-state index < -0.39 is 11.7 Å². The first-order chi connectivity index (χ1) is 12.6. The Morgan fingerprint density at radius 3 is 2.52 bits per heavy atom. The Hall–Kier alpha value is -2.38. The van der Waals surface area contributed by atoms with Crippen molar-refractivity contribution in [3.8, 4) is 11.4 Å². The van der Waals surface area contributed by atoms with Gasteiger partial charge in [0.05, 0.1) is 5.56 Å². The quantitative estimate of drug-likeness (QED) is 0.709. The summed E-state index contributed by atoms with van der Waals surface area (Å²) in [6, 6.07) is 4.78. The Kier molecular flexibility index (Phi) is 6.62. The van der Waals surface area contributed by atoms with Crippen LogP contribution in [0.2, 0.25) is 0 Å². The molecule has 1 amide bonds. The smallest absolute Gasteiger partial charge is 0.342 e. The highest BCUT2D eigenvalue weighted by atomic mass is 19.4. The van der Waals surface area contributed by atoms with Gasteiger partial charge in [0, 0.05) is 31.0 Å². The molecule has 27 heavy (non-hydrogen) atoms. The van der Waals surface area contributed by atoms with Crippen LogP contribution in [-0.2, 0) is 17.4 Å². The molecule has 0 radical (unpaired) electrons. The van der Waals surface area contributed by atoms with Gasteiger partial charge in [0.15, 0.2) is 0 Å². The highest BCUT2D eigenvalue weighted by Gasteiger charge is 2.30. The molecule has 5 nitrogen and oxygen atoms in total. The van der Waals surface area contributed by atoms with Crippen molar-refractivity contribution in [2.75, 3.05) is 13.1 Å². The normalized spacial score (nSPS) is 12.0. The van der Waals surface area contributed by atoms with Gasteiger partial charge < -0.3 is 9.42 Å². The third kappa shape index (κ3) is 5.80. The van der Waals surface area contributed by atoms with Crippen LogP contribution >= 0.6 is 0 Å². The highest BCUT2D eigenvalue weighted by Crippen LogP contribution is 2.31. The number of nitrogens with zero attached hydrogens (tertiary/aromatic N) is 3. The molecule has 0 saturated heterocycles. The van der Waals surface area contributed by atoms with Crippen molar-refractivity contribution in [2.24, 2.45) is 11.8 Å². The van der Waals surface area contributed by atoms with Crippen LogP contribution in [0.3, 0.4) is 0 Å². The third-order valence-electron chi connectivity index (χ3n) is 3.90. The van der Waals surface area contributed by atoms with Crippen molar-refractivity contribution in [1.29, 1.82) is 0 Å². The second-order valence-electron chi connectivity index (χ2n) is 7.17. The predicted octanol–water partition coefficient (Wildman–Crippen LogP) is 4.44. The van der Waals surface area contributed by atoms with Gasteiger partial charge in [-0.15, -0.1) is 0 Å². The molecular formula is C19H24F3N3O2. The van der Waals surface area contributed by atoms with E-state index in [4.69, 9.17) is 4.52 Å². The van der Waals surface area contributed by atoms with Crippen LogP contribution in [-0.4, -0.2) is 34.0 Å². The number of benzene rings is 1. The molecule has 2 aromatic rings. The summed E-state index contributed by atoms with van der Waals surface area (Å²) >= 11 is 0. The summed E-state index contributed by atoms with van der Waals surface area (Å²) in [6.07, 6.45) is -4.09. The summed E-state index contributed by atoms with van der Waals surface area (Å²) in [6.45, 7) is 8.77. The molecule has 148 valence electrons. The molecule has 8 heteroatoms. The Bertz CT molecular complexity index is 770. The minimum atomic E-state index is -4.43. The van der Waals surface area contributed by atoms with E-state index in [9.17, 15) is 18.0 Å². The summed E-state index contributed by atoms with van der Waals surface area (Å²) in [5.41, 5.74) is -0.533. The monoisotopic (exact) mass is 383 g/mol. The van der Waals surface area contributed by atoms with Gasteiger partial charge in [0.2, 0.25) is 17.6 Å². The minimum Gasteiger partial charge on any atom is -0.342 e. The number of amides is 1. The molecule has 0 aliphatic rings. The number of halogens is 3. The lowest BCUT2D eigenvalue weighted by atomic mass is 10.1. The van der Waals surface area contributed by atoms with Crippen molar-refractivity contribution in [2.45, 2.75) is 40.3 Å². The van der Waals surface area contributed by atoms with Crippen LogP contribution in [0.25, 0.3) is 11.4 Å². The largest absolute Gasteiger partial charge is 0.416 e. The Labute approximate surface area is 156 Å². The lowest BCUT2D eigenvalue weighted by molar-refractivity contribution is -0.137. The van der Waals surface area contributed by atoms with Crippen LogP contribution in [0.4, 0.5) is 13.2 Å². The zero-order valence-electron chi connectivity index (χ0n) is 15.9. The highest BCUT2D eigenvalue weighted by molar-refractivity contribution is 5.78. The van der Waals surface area contributed by atoms with Gasteiger partial charge in [-0.2, -0.15) is 18.2 Å². The Balaban J connectivity index is 2.10. The number of aromatic nitrogens is 2. The summed E-state index contributed by atoms with van der Waals surface area (Å²) < 4.78 is 43.7. The first kappa shape index (κ1) is 20.9. The maximum absolute atomic E-state index is 12.8. The van der Waals surface area contributed by atoms with E-state index in [1.807, 2.05) is 27.7 Å². The molecule has 0 N–H and O–H groups in total. The van der Waals surface area contributed by atoms with E-state index in [0.717, 1.165) is 12.1 Å². The molecule has 0 unspecified atom stereocenters. The van der Waals surface area contributed by atoms with Crippen LogP contribution in [0, 0.1) is 11.8 Å². The maximum Gasteiger partial charge on any atom is 0.416 e. The molecule has 1 aromatic carbocycles. The second kappa shape index (κ2) is 8.54. The molecule has 0 atom stereocenters. The number of alkyl halides is 3. The van der Waals surface area contributed by atoms with E-state index in [-0.39, 0.29) is 29.1 Å². The molecule has 0 aliphatic carbocycles. The lowest BCUT2D eigenvalue weighted by Crippen LogP contribution is -2.38. The number of rotatable bonds is 7. The summed E-state index contributed by atoms with van der Waals surface area (Å²) in [4.78, 5) is 18.2. The first-order valence-electron chi connectivity index (χ1n) is 8.87. The molecule has 0 aliphatic heterocycles. The van der Waals surface area contributed by atoms with Gasteiger partial charge in [-0.3, -0.25) is 4.79 Å². The van der Waals surface area contributed by atoms with E-state index >= 15 is 0 Å². The SMILES string of the molecule is CC(C)CN(CCc1nc(-c2cccc(C(F)(F)F)c2)no1)C(=O)C(C)C. The van der Waals surface area contributed by atoms with Gasteiger partial charge in [-0.25, -0.2) is 0 Å². The summed E-state index contributed by atoms with van der Waals surface area (Å²) in [7, 11) is 0. The lowest BCUT2D eigenvalue weighted by Gasteiger charge is -2.25. The summed E-state index contributed by atoms with van der Waals surface area (Å²) in [5.74, 6) is 0.624. The molecule has 1 aromatic heterocycles. The summed E-state index contributed by atoms with van der Waals surface area (Å²) in [5, 5.41) is 3.77. The van der Waals surface area contributed by atoms with Crippen molar-refractivity contribution >= 4 is 5.91 Å². The zero-order valence-corrected chi connectivity index (χ0v) is 15.9. The Morgan fingerprint density at radius 1 is 1.22 bits per heavy atom. The van der Waals surface area contributed by atoms with Gasteiger partial charge in [0.25, 0.3) is 0 Å². The average Bonchev–Trinajstić information content (AvgIpc) is 3.06. The molecule has 0 fully saturated rings. The van der Waals surface area contributed by atoms with Crippen LogP contribution < -0.4 is 0 Å². The van der Waals surface area contributed by atoms with Crippen LogP contribution in [0.15, 0.2) is 28.8 Å². The van der Waals surface area contributed by atoms with Crippen molar-refractivity contribution in [1.82, 2.24) is 15.0 Å². The van der Waals surface area contributed by atoms with Gasteiger partial charge in [0.1, 0.15) is 0 Å². The molecule has 0 bridgehead atoms. The third-order valence-corrected chi connectivity index (χ3v) is 3.90. The second-order valence-corrected chi connectivity index (χ2v) is 7.17. The standard InChI is InChI=1S/C19H24F3N3O2/c1-12(2)11-25(18(26)13(3)4)9-8-16-23-17(24-27-16)14-6-5-7-15(10-14)19(20,21)22/h5-7,10,12-13H,8-9,11H2,1-4H3. The van der Waals surface area contributed by atoms with Gasteiger partial charge in [-0.05, 0) is 18.1 Å². The van der Waals surface area contributed by atoms with E-state index in [2.05, 4.69) is 10.1 Å². The van der Waals surface area contributed by atoms with E-state index in [0.29, 0.717) is 25.4 Å². The van der Waals surface area contributed by atoms with Crippen LogP contribution in [0.1, 0.15) is 39.1 Å². The molecule has 2 rings (SSSR count). The topological polar surface area (TPSA) is 59.2 Å². The fourth-order valence-electron chi connectivity index (χ4n) is 2.64. The number of hydrogen-bond donors (Lipinski definition) is 0. The molecule has 0 spiro atoms. The minimum absolute atomic E-state index is 0.0429. The first-order valence-corrected chi connectivity index (χ1v) is 8.87. The Morgan fingerprint density at radius 2 is 1.93 bits per heavy atom. The van der Waals surface area contributed by atoms with Crippen LogP contribution in [0.5, 0.6) is 0 Å². The molecule has 0 saturated carbocycles. The van der Waals surface area contributed by atoms with Crippen molar-refractivity contribution < 1.29 is 22.5 Å². The average molecular weight is 383 g/mol. The van der Waals surface area contributed by atoms with Gasteiger partial charge >= 0.3 is 6.18 Å². The van der Waals surface area contributed by atoms with Crippen molar-refractivity contribution in [3.05, 3.63) is 35.7 Å². The van der Waals surface area contributed by atoms with E-state index in [1.165, 1.54) is 12.1 Å². The predicted molar refractivity (Wildman–Crippen MR) is 94.7 cm³/mol. The van der Waals surface area contributed by atoms with Gasteiger partial charge in [-0.1, -0.05) is 45.0 Å². The number of carbonyl (C=O) groups is 1. The molecular weight excluding hydrogens is 359 g/mol. The van der Waals surface area contributed by atoms with Crippen molar-refractivity contribution in [3.63, 3.8) is 0 Å². The zero-order chi connectivity index (χ0) is 20.2. The number of hydrogen-bond acceptors (Lipinski definition) is 4. The fraction of sp³-hybridized carbons (Fsp3) is 0.526.